The molecule has 1 heterocycles. The van der Waals surface area contributed by atoms with Gasteiger partial charge in [-0.15, -0.1) is 0 Å². The van der Waals surface area contributed by atoms with E-state index in [-0.39, 0.29) is 10.6 Å². The van der Waals surface area contributed by atoms with Crippen molar-refractivity contribution >= 4 is 37.3 Å². The number of rotatable bonds is 10. The molecule has 0 atom stereocenters. The lowest BCUT2D eigenvalue weighted by atomic mass is 10.2. The van der Waals surface area contributed by atoms with Crippen molar-refractivity contribution in [1.29, 1.82) is 0 Å². The maximum absolute atomic E-state index is 13.3. The molecule has 1 fully saturated rings. The monoisotopic (exact) mass is 528 g/mol. The van der Waals surface area contributed by atoms with Gasteiger partial charge in [0.05, 0.1) is 44.4 Å². The van der Waals surface area contributed by atoms with Crippen molar-refractivity contribution < 1.29 is 27.4 Å². The average Bonchev–Trinajstić information content (AvgIpc) is 2.77. The van der Waals surface area contributed by atoms with Crippen LogP contribution in [-0.2, 0) is 14.8 Å². The van der Waals surface area contributed by atoms with Gasteiger partial charge in [-0.05, 0) is 39.0 Å². The van der Waals surface area contributed by atoms with Gasteiger partial charge >= 0.3 is 0 Å². The third-order valence-corrected chi connectivity index (χ3v) is 6.63. The van der Waals surface area contributed by atoms with Crippen molar-refractivity contribution in [2.24, 2.45) is 0 Å². The Bertz CT molecular complexity index is 1030. The van der Waals surface area contributed by atoms with Crippen LogP contribution in [0.1, 0.15) is 20.8 Å². The van der Waals surface area contributed by atoms with E-state index in [0.717, 1.165) is 5.69 Å². The lowest BCUT2D eigenvalue weighted by Crippen LogP contribution is -2.36. The van der Waals surface area contributed by atoms with Crippen molar-refractivity contribution in [3.8, 4) is 17.2 Å². The van der Waals surface area contributed by atoms with Crippen LogP contribution in [0.3, 0.4) is 0 Å². The van der Waals surface area contributed by atoms with Crippen LogP contribution < -0.4 is 23.8 Å². The molecule has 1 aliphatic rings. The van der Waals surface area contributed by atoms with Crippen LogP contribution in [0, 0.1) is 0 Å². The number of ether oxygens (including phenoxy) is 4. The number of nitrogens with one attached hydrogen (secondary N) is 1. The maximum Gasteiger partial charge on any atom is 0.265 e. The van der Waals surface area contributed by atoms with Crippen LogP contribution in [-0.4, -0.2) is 54.5 Å². The number of sulfonamides is 1. The summed E-state index contributed by atoms with van der Waals surface area (Å²) in [6, 6.07) is 8.37. The Hall–Kier alpha value is -2.17. The lowest BCUT2D eigenvalue weighted by Gasteiger charge is -2.31. The van der Waals surface area contributed by atoms with E-state index < -0.39 is 10.0 Å². The molecule has 0 aliphatic carbocycles. The van der Waals surface area contributed by atoms with E-state index in [1.54, 1.807) is 25.1 Å². The van der Waals surface area contributed by atoms with Crippen molar-refractivity contribution in [3.63, 3.8) is 0 Å². The van der Waals surface area contributed by atoms with Gasteiger partial charge in [0.25, 0.3) is 10.0 Å². The largest absolute Gasteiger partial charge is 0.492 e. The summed E-state index contributed by atoms with van der Waals surface area (Å²) < 4.78 is 52.6. The molecular formula is C22H29BrN2O6S. The molecule has 2 aromatic carbocycles. The summed E-state index contributed by atoms with van der Waals surface area (Å²) in [5.41, 5.74) is 1.15. The SMILES string of the molecule is CCOc1cc(N2CCOCC2)c(OCC)cc1NS(=O)(=O)c1cc(Br)ccc1OCC. The van der Waals surface area contributed by atoms with Crippen molar-refractivity contribution in [2.75, 3.05) is 55.7 Å². The second-order valence-corrected chi connectivity index (χ2v) is 9.48. The van der Waals surface area contributed by atoms with E-state index in [1.165, 1.54) is 6.07 Å². The normalized spacial score (nSPS) is 14.2. The summed E-state index contributed by atoms with van der Waals surface area (Å²) in [5.74, 6) is 1.28. The highest BCUT2D eigenvalue weighted by Gasteiger charge is 2.25. The third kappa shape index (κ3) is 5.79. The molecule has 176 valence electrons. The van der Waals surface area contributed by atoms with Gasteiger partial charge in [0.2, 0.25) is 0 Å². The molecule has 32 heavy (non-hydrogen) atoms. The second-order valence-electron chi connectivity index (χ2n) is 6.91. The molecule has 1 aliphatic heterocycles. The van der Waals surface area contributed by atoms with Crippen molar-refractivity contribution in [3.05, 3.63) is 34.8 Å². The molecule has 0 radical (unpaired) electrons. The number of hydrogen-bond acceptors (Lipinski definition) is 7. The molecule has 10 heteroatoms. The minimum Gasteiger partial charge on any atom is -0.492 e. The molecule has 1 saturated heterocycles. The van der Waals surface area contributed by atoms with Crippen LogP contribution in [0.2, 0.25) is 0 Å². The van der Waals surface area contributed by atoms with E-state index in [1.807, 2.05) is 19.9 Å². The standard InChI is InChI=1S/C22H29BrN2O6S/c1-4-29-19-8-7-16(23)13-22(19)32(26,27)24-17-14-21(31-6-3)18(15-20(17)30-5-2)25-9-11-28-12-10-25/h7-8,13-15,24H,4-6,9-12H2,1-3H3. The fourth-order valence-corrected chi connectivity index (χ4v) is 5.14. The summed E-state index contributed by atoms with van der Waals surface area (Å²) in [4.78, 5) is 2.18. The predicted molar refractivity (Wildman–Crippen MR) is 128 cm³/mol. The van der Waals surface area contributed by atoms with Gasteiger partial charge in [-0.2, -0.15) is 0 Å². The molecule has 1 N–H and O–H groups in total. The quantitative estimate of drug-likeness (QED) is 0.492. The average molecular weight is 529 g/mol. The van der Waals surface area contributed by atoms with Gasteiger partial charge in [-0.1, -0.05) is 15.9 Å². The summed E-state index contributed by atoms with van der Waals surface area (Å²) in [7, 11) is -3.97. The fourth-order valence-electron chi connectivity index (χ4n) is 3.39. The van der Waals surface area contributed by atoms with Crippen molar-refractivity contribution in [2.45, 2.75) is 25.7 Å². The van der Waals surface area contributed by atoms with E-state index in [0.29, 0.717) is 67.8 Å². The molecule has 0 aromatic heterocycles. The highest BCUT2D eigenvalue weighted by molar-refractivity contribution is 9.10. The first kappa shape index (κ1) is 24.5. The Morgan fingerprint density at radius 3 is 2.22 bits per heavy atom. The van der Waals surface area contributed by atoms with Gasteiger partial charge in [0.1, 0.15) is 22.1 Å². The maximum atomic E-state index is 13.3. The zero-order valence-electron chi connectivity index (χ0n) is 18.5. The van der Waals surface area contributed by atoms with E-state index in [4.69, 9.17) is 18.9 Å². The number of nitrogens with zero attached hydrogens (tertiary/aromatic N) is 1. The Balaban J connectivity index is 2.04. The predicted octanol–water partition coefficient (Wildman–Crippen LogP) is 4.28. The molecule has 0 saturated carbocycles. The number of morpholine rings is 1. The third-order valence-electron chi connectivity index (χ3n) is 4.75. The van der Waals surface area contributed by atoms with Crippen LogP contribution in [0.25, 0.3) is 0 Å². The second kappa shape index (κ2) is 11.1. The Morgan fingerprint density at radius 2 is 1.56 bits per heavy atom. The number of halogens is 1. The van der Waals surface area contributed by atoms with Gasteiger partial charge in [-0.3, -0.25) is 4.72 Å². The van der Waals surface area contributed by atoms with Gasteiger partial charge in [-0.25, -0.2) is 8.42 Å². The minimum atomic E-state index is -3.97. The first-order valence-electron chi connectivity index (χ1n) is 10.6. The molecule has 2 aromatic rings. The number of hydrogen-bond donors (Lipinski definition) is 1. The van der Waals surface area contributed by atoms with E-state index in [9.17, 15) is 8.42 Å². The first-order valence-corrected chi connectivity index (χ1v) is 12.9. The Morgan fingerprint density at radius 1 is 0.938 bits per heavy atom. The molecule has 0 unspecified atom stereocenters. The molecule has 0 bridgehead atoms. The number of anilines is 2. The van der Waals surface area contributed by atoms with Crippen LogP contribution in [0.4, 0.5) is 11.4 Å². The fraction of sp³-hybridized carbons (Fsp3) is 0.455. The van der Waals surface area contributed by atoms with Crippen LogP contribution in [0.5, 0.6) is 17.2 Å². The molecule has 3 rings (SSSR count). The zero-order valence-corrected chi connectivity index (χ0v) is 20.9. The topological polar surface area (TPSA) is 86.3 Å². The van der Waals surface area contributed by atoms with Gasteiger partial charge in [0.15, 0.2) is 0 Å². The summed E-state index contributed by atoms with van der Waals surface area (Å²) >= 11 is 3.34. The summed E-state index contributed by atoms with van der Waals surface area (Å²) in [6.45, 7) is 9.38. The smallest absolute Gasteiger partial charge is 0.265 e. The zero-order chi connectivity index (χ0) is 23.1. The molecule has 0 amide bonds. The summed E-state index contributed by atoms with van der Waals surface area (Å²) in [6.07, 6.45) is 0. The molecule has 0 spiro atoms. The molecule has 8 nitrogen and oxygen atoms in total. The highest BCUT2D eigenvalue weighted by Crippen LogP contribution is 2.41. The Labute approximate surface area is 198 Å². The van der Waals surface area contributed by atoms with E-state index >= 15 is 0 Å². The van der Waals surface area contributed by atoms with Crippen molar-refractivity contribution in [1.82, 2.24) is 0 Å². The van der Waals surface area contributed by atoms with Crippen LogP contribution in [0.15, 0.2) is 39.7 Å². The minimum absolute atomic E-state index is 0.0337. The van der Waals surface area contributed by atoms with Gasteiger partial charge in [0, 0.05) is 29.7 Å². The molecular weight excluding hydrogens is 500 g/mol. The Kier molecular flexibility index (Phi) is 8.50. The highest BCUT2D eigenvalue weighted by atomic mass is 79.9. The van der Waals surface area contributed by atoms with E-state index in [2.05, 4.69) is 25.6 Å². The first-order chi connectivity index (χ1) is 15.4. The van der Waals surface area contributed by atoms with Crippen LogP contribution >= 0.6 is 15.9 Å². The number of benzene rings is 2. The summed E-state index contributed by atoms with van der Waals surface area (Å²) in [5, 5.41) is 0. The lowest BCUT2D eigenvalue weighted by molar-refractivity contribution is 0.122. The van der Waals surface area contributed by atoms with Gasteiger partial charge < -0.3 is 23.8 Å².